The van der Waals surface area contributed by atoms with E-state index in [0.29, 0.717) is 165 Å². The Balaban J connectivity index is 0.918. The highest BCUT2D eigenvalue weighted by Gasteiger charge is 2.29. The first-order valence-electron chi connectivity index (χ1n) is 21.0. The van der Waals surface area contributed by atoms with Crippen LogP contribution < -0.4 is 5.32 Å². The van der Waals surface area contributed by atoms with E-state index in [1.807, 2.05) is 24.3 Å². The van der Waals surface area contributed by atoms with Crippen LogP contribution in [0.1, 0.15) is 17.0 Å². The molecule has 1 aliphatic carbocycles. The number of ether oxygens (including phenoxy) is 14. The molecular weight excluding hydrogens is 798 g/mol. The molecule has 0 aromatic heterocycles. The Labute approximate surface area is 360 Å². The van der Waals surface area contributed by atoms with E-state index in [4.69, 9.17) is 66.3 Å². The van der Waals surface area contributed by atoms with Crippen molar-refractivity contribution in [2.45, 2.75) is 5.92 Å². The van der Waals surface area contributed by atoms with E-state index in [-0.39, 0.29) is 19.1 Å². The van der Waals surface area contributed by atoms with Crippen molar-refractivity contribution in [1.82, 2.24) is 5.32 Å². The minimum atomic E-state index is -0.464. The number of esters is 1. The summed E-state index contributed by atoms with van der Waals surface area (Å²) in [6.07, 6.45) is 0.655. The lowest BCUT2D eigenvalue weighted by Gasteiger charge is -2.14. The summed E-state index contributed by atoms with van der Waals surface area (Å²) < 4.78 is 75.9. The van der Waals surface area contributed by atoms with Crippen molar-refractivity contribution in [3.05, 3.63) is 72.3 Å². The molecule has 61 heavy (non-hydrogen) atoms. The van der Waals surface area contributed by atoms with Crippen LogP contribution in [0, 0.1) is 0 Å². The molecule has 2 aromatic carbocycles. The number of carbonyl (C=O) groups is 2. The Morgan fingerprint density at radius 1 is 0.426 bits per heavy atom. The lowest BCUT2D eigenvalue weighted by atomic mass is 9.98. The summed E-state index contributed by atoms with van der Waals surface area (Å²) in [4.78, 5) is 23.1. The van der Waals surface area contributed by atoms with Crippen molar-refractivity contribution in [3.63, 3.8) is 0 Å². The molecular formula is C44H67NO16. The fourth-order valence-corrected chi connectivity index (χ4v) is 5.66. The molecule has 3 rings (SSSR count). The van der Waals surface area contributed by atoms with Crippen LogP contribution in [0.5, 0.6) is 0 Å². The van der Waals surface area contributed by atoms with Crippen molar-refractivity contribution in [3.8, 4) is 11.1 Å². The number of fused-ring (bicyclic) bond motifs is 3. The van der Waals surface area contributed by atoms with Gasteiger partial charge in [-0.05, 0) is 22.3 Å². The van der Waals surface area contributed by atoms with Gasteiger partial charge in [-0.25, -0.2) is 9.59 Å². The summed E-state index contributed by atoms with van der Waals surface area (Å²) in [5, 5.41) is 2.74. The Morgan fingerprint density at radius 2 is 0.721 bits per heavy atom. The topological polar surface area (TPSA) is 175 Å². The largest absolute Gasteiger partial charge is 0.460 e. The van der Waals surface area contributed by atoms with Crippen LogP contribution in [0.3, 0.4) is 0 Å². The van der Waals surface area contributed by atoms with E-state index in [0.717, 1.165) is 6.08 Å². The number of nitrogens with one attached hydrogen (secondary N) is 1. The number of carbonyl (C=O) groups excluding carboxylic acids is 2. The molecule has 0 fully saturated rings. The van der Waals surface area contributed by atoms with Gasteiger partial charge >= 0.3 is 12.1 Å². The molecule has 344 valence electrons. The maximum atomic E-state index is 12.3. The van der Waals surface area contributed by atoms with Crippen LogP contribution in [-0.2, 0) is 71.1 Å². The highest BCUT2D eigenvalue weighted by Crippen LogP contribution is 2.44. The van der Waals surface area contributed by atoms with Crippen LogP contribution in [0.25, 0.3) is 11.1 Å². The van der Waals surface area contributed by atoms with E-state index < -0.39 is 12.1 Å². The van der Waals surface area contributed by atoms with Crippen molar-refractivity contribution >= 4 is 12.1 Å². The highest BCUT2D eigenvalue weighted by atomic mass is 16.6. The molecule has 0 aliphatic heterocycles. The molecule has 0 saturated heterocycles. The zero-order valence-electron chi connectivity index (χ0n) is 35.6. The SMILES string of the molecule is C=CC(=O)OCCOCCOCCOCCOCCOCCOCCOCCOCCOCCOCCOCCOCCNC(=O)OCC1c2ccccc2-c2ccccc21. The summed E-state index contributed by atoms with van der Waals surface area (Å²) in [6.45, 7) is 15.0. The van der Waals surface area contributed by atoms with Crippen LogP contribution in [-0.4, -0.2) is 190 Å². The minimum absolute atomic E-state index is 0.0313. The monoisotopic (exact) mass is 865 g/mol. The molecule has 1 aliphatic rings. The zero-order valence-corrected chi connectivity index (χ0v) is 35.6. The first-order valence-corrected chi connectivity index (χ1v) is 21.0. The van der Waals surface area contributed by atoms with E-state index in [1.54, 1.807) is 0 Å². The second-order valence-corrected chi connectivity index (χ2v) is 13.0. The second kappa shape index (κ2) is 37.0. The predicted octanol–water partition coefficient (Wildman–Crippen LogP) is 3.45. The molecule has 0 unspecified atom stereocenters. The van der Waals surface area contributed by atoms with Crippen molar-refractivity contribution < 1.29 is 75.9 Å². The van der Waals surface area contributed by atoms with Gasteiger partial charge in [0.2, 0.25) is 0 Å². The van der Waals surface area contributed by atoms with Gasteiger partial charge in [0.1, 0.15) is 13.2 Å². The van der Waals surface area contributed by atoms with Crippen molar-refractivity contribution in [1.29, 1.82) is 0 Å². The molecule has 0 saturated carbocycles. The molecule has 0 atom stereocenters. The van der Waals surface area contributed by atoms with Gasteiger partial charge < -0.3 is 71.6 Å². The first kappa shape index (κ1) is 51.8. The van der Waals surface area contributed by atoms with Gasteiger partial charge in [-0.2, -0.15) is 0 Å². The van der Waals surface area contributed by atoms with Gasteiger partial charge in [-0.15, -0.1) is 0 Å². The lowest BCUT2D eigenvalue weighted by molar-refractivity contribution is -0.139. The molecule has 17 nitrogen and oxygen atoms in total. The van der Waals surface area contributed by atoms with Crippen LogP contribution in [0.2, 0.25) is 0 Å². The second-order valence-electron chi connectivity index (χ2n) is 13.0. The first-order chi connectivity index (χ1) is 30.2. The smallest absolute Gasteiger partial charge is 0.407 e. The maximum absolute atomic E-state index is 12.3. The van der Waals surface area contributed by atoms with Crippen LogP contribution >= 0.6 is 0 Å². The van der Waals surface area contributed by atoms with Crippen LogP contribution in [0.4, 0.5) is 4.79 Å². The third-order valence-corrected chi connectivity index (χ3v) is 8.59. The Bertz CT molecular complexity index is 1360. The molecule has 1 N–H and O–H groups in total. The van der Waals surface area contributed by atoms with Crippen molar-refractivity contribution in [2.75, 3.05) is 178 Å². The average molecular weight is 866 g/mol. The molecule has 0 bridgehead atoms. The van der Waals surface area contributed by atoms with Crippen LogP contribution in [0.15, 0.2) is 61.2 Å². The highest BCUT2D eigenvalue weighted by molar-refractivity contribution is 5.81. The number of alkyl carbamates (subject to hydrolysis) is 1. The zero-order chi connectivity index (χ0) is 43.1. The van der Waals surface area contributed by atoms with Gasteiger partial charge in [0.15, 0.2) is 0 Å². The summed E-state index contributed by atoms with van der Waals surface area (Å²) in [7, 11) is 0. The fraction of sp³-hybridized carbons (Fsp3) is 0.636. The average Bonchev–Trinajstić information content (AvgIpc) is 3.60. The molecule has 0 radical (unpaired) electrons. The lowest BCUT2D eigenvalue weighted by Crippen LogP contribution is -2.29. The van der Waals surface area contributed by atoms with E-state index in [2.05, 4.69) is 36.2 Å². The standard InChI is InChI=1S/C44H67NO16/c1-2-43(46)60-36-35-59-34-33-58-32-31-57-30-29-56-28-27-55-26-25-54-24-23-53-22-21-52-20-19-51-18-17-50-16-15-49-14-13-48-12-11-45-44(47)61-37-42-40-9-5-3-7-38(40)39-8-4-6-10-41(39)42/h2-10,42H,1,11-37H2,(H,45,47). The normalized spacial score (nSPS) is 12.0. The molecule has 0 spiro atoms. The number of hydrogen-bond donors (Lipinski definition) is 1. The van der Waals surface area contributed by atoms with E-state index in [9.17, 15) is 9.59 Å². The number of rotatable bonds is 42. The molecule has 17 heteroatoms. The molecule has 1 amide bonds. The van der Waals surface area contributed by atoms with Gasteiger partial charge in [-0.1, -0.05) is 55.1 Å². The third-order valence-electron chi connectivity index (χ3n) is 8.59. The Hall–Kier alpha value is -3.56. The van der Waals surface area contributed by atoms with Gasteiger partial charge in [0.25, 0.3) is 0 Å². The Kier molecular flexibility index (Phi) is 31.4. The minimum Gasteiger partial charge on any atom is -0.460 e. The molecule has 2 aromatic rings. The Morgan fingerprint density at radius 3 is 1.05 bits per heavy atom. The van der Waals surface area contributed by atoms with Gasteiger partial charge in [0, 0.05) is 18.5 Å². The molecule has 0 heterocycles. The van der Waals surface area contributed by atoms with Crippen molar-refractivity contribution in [2.24, 2.45) is 0 Å². The summed E-state index contributed by atoms with van der Waals surface area (Å²) >= 11 is 0. The van der Waals surface area contributed by atoms with Gasteiger partial charge in [-0.3, -0.25) is 0 Å². The summed E-state index contributed by atoms with van der Waals surface area (Å²) in [5.74, 6) is -0.433. The van der Waals surface area contributed by atoms with Gasteiger partial charge in [0.05, 0.1) is 159 Å². The third kappa shape index (κ3) is 25.9. The number of hydrogen-bond acceptors (Lipinski definition) is 16. The fourth-order valence-electron chi connectivity index (χ4n) is 5.66. The maximum Gasteiger partial charge on any atom is 0.407 e. The quantitative estimate of drug-likeness (QED) is 0.0583. The summed E-state index contributed by atoms with van der Waals surface area (Å²) in [5.41, 5.74) is 4.76. The summed E-state index contributed by atoms with van der Waals surface area (Å²) in [6, 6.07) is 16.5. The van der Waals surface area contributed by atoms with E-state index >= 15 is 0 Å². The van der Waals surface area contributed by atoms with E-state index in [1.165, 1.54) is 22.3 Å². The predicted molar refractivity (Wildman–Crippen MR) is 224 cm³/mol. The number of benzene rings is 2. The number of amides is 1.